The molecule has 0 aliphatic carbocycles. The van der Waals surface area contributed by atoms with E-state index in [1.54, 1.807) is 17.8 Å². The number of hydrogen-bond acceptors (Lipinski definition) is 7. The Hall–Kier alpha value is -3.19. The van der Waals surface area contributed by atoms with Gasteiger partial charge in [0.1, 0.15) is 11.6 Å². The Morgan fingerprint density at radius 3 is 2.63 bits per heavy atom. The molecule has 0 fully saturated rings. The van der Waals surface area contributed by atoms with Gasteiger partial charge in [0.2, 0.25) is 10.0 Å². The fraction of sp³-hybridized carbons (Fsp3) is 0.240. The van der Waals surface area contributed by atoms with Gasteiger partial charge in [-0.15, -0.1) is 11.3 Å². The van der Waals surface area contributed by atoms with E-state index in [-0.39, 0.29) is 12.2 Å². The van der Waals surface area contributed by atoms with Gasteiger partial charge >= 0.3 is 0 Å². The van der Waals surface area contributed by atoms with Crippen molar-refractivity contribution in [3.8, 4) is 11.1 Å². The van der Waals surface area contributed by atoms with Crippen LogP contribution in [0.25, 0.3) is 32.4 Å². The fourth-order valence-electron chi connectivity index (χ4n) is 5.09. The number of nitrogens with one attached hydrogen (secondary N) is 2. The monoisotopic (exact) mass is 574 g/mol. The topological polar surface area (TPSA) is 102 Å². The number of aromatic nitrogens is 4. The molecule has 6 rings (SSSR count). The molecule has 8 nitrogen and oxygen atoms in total. The van der Waals surface area contributed by atoms with Crippen molar-refractivity contribution in [1.29, 1.82) is 0 Å². The number of nitrogens with zero attached hydrogens (tertiary/aromatic N) is 4. The molecular weight excluding hydrogens is 554 g/mol. The van der Waals surface area contributed by atoms with E-state index in [1.807, 2.05) is 13.0 Å². The molecule has 38 heavy (non-hydrogen) atoms. The van der Waals surface area contributed by atoms with Crippen LogP contribution in [0.4, 0.5) is 14.6 Å². The molecular formula is C25H21ClF2N6O2S2. The van der Waals surface area contributed by atoms with E-state index in [9.17, 15) is 17.2 Å². The Morgan fingerprint density at radius 1 is 1.18 bits per heavy atom. The first kappa shape index (κ1) is 25.1. The third-order valence-electron chi connectivity index (χ3n) is 6.45. The maximum Gasteiger partial charge on any atom is 0.231 e. The summed E-state index contributed by atoms with van der Waals surface area (Å²) in [7, 11) is -1.89. The molecule has 0 radical (unpaired) electrons. The zero-order valence-electron chi connectivity index (χ0n) is 20.4. The van der Waals surface area contributed by atoms with Gasteiger partial charge in [0.05, 0.1) is 43.6 Å². The third kappa shape index (κ3) is 4.41. The maximum atomic E-state index is 14.0. The molecule has 0 saturated carbocycles. The third-order valence-corrected chi connectivity index (χ3v) is 8.22. The summed E-state index contributed by atoms with van der Waals surface area (Å²) in [6.07, 6.45) is 1.33. The second kappa shape index (κ2) is 8.94. The second-order valence-corrected chi connectivity index (χ2v) is 12.7. The first-order valence-corrected chi connectivity index (χ1v) is 14.7. The van der Waals surface area contributed by atoms with Crippen molar-refractivity contribution >= 4 is 60.0 Å². The van der Waals surface area contributed by atoms with E-state index >= 15 is 0 Å². The fourth-order valence-corrected chi connectivity index (χ4v) is 6.70. The van der Waals surface area contributed by atoms with E-state index in [0.29, 0.717) is 39.4 Å². The van der Waals surface area contributed by atoms with Crippen LogP contribution in [-0.2, 0) is 30.0 Å². The van der Waals surface area contributed by atoms with Crippen LogP contribution in [0.3, 0.4) is 0 Å². The summed E-state index contributed by atoms with van der Waals surface area (Å²) in [5.41, 5.74) is 4.82. The van der Waals surface area contributed by atoms with Gasteiger partial charge in [-0.05, 0) is 48.7 Å². The molecule has 13 heteroatoms. The van der Waals surface area contributed by atoms with Gasteiger partial charge in [-0.2, -0.15) is 5.10 Å². The molecule has 0 bridgehead atoms. The molecule has 0 saturated heterocycles. The number of sulfonamides is 1. The number of fused-ring (bicyclic) bond motifs is 6. The average Bonchev–Trinajstić information content (AvgIpc) is 3.27. The van der Waals surface area contributed by atoms with Crippen LogP contribution in [-0.4, -0.2) is 34.4 Å². The van der Waals surface area contributed by atoms with Crippen molar-refractivity contribution in [1.82, 2.24) is 25.1 Å². The normalized spacial score (nSPS) is 15.5. The lowest BCUT2D eigenvalue weighted by molar-refractivity contribution is 0.520. The largest absolute Gasteiger partial charge is 0.304 e. The Bertz CT molecular complexity index is 1870. The molecule has 196 valence electrons. The van der Waals surface area contributed by atoms with Crippen molar-refractivity contribution in [3.05, 3.63) is 68.8 Å². The van der Waals surface area contributed by atoms with Crippen LogP contribution >= 0.6 is 22.9 Å². The highest BCUT2D eigenvalue weighted by Gasteiger charge is 2.30. The van der Waals surface area contributed by atoms with Crippen LogP contribution in [0.2, 0.25) is 5.02 Å². The predicted molar refractivity (Wildman–Crippen MR) is 145 cm³/mol. The summed E-state index contributed by atoms with van der Waals surface area (Å²) in [5.74, 6) is -1.17. The lowest BCUT2D eigenvalue weighted by atomic mass is 9.93. The molecule has 2 N–H and O–H groups in total. The summed E-state index contributed by atoms with van der Waals surface area (Å²) in [4.78, 5) is 9.48. The number of anilines is 1. The van der Waals surface area contributed by atoms with Crippen molar-refractivity contribution in [2.24, 2.45) is 7.05 Å². The zero-order valence-corrected chi connectivity index (χ0v) is 22.8. The van der Waals surface area contributed by atoms with Crippen LogP contribution in [0.15, 0.2) is 30.3 Å². The second-order valence-electron chi connectivity index (χ2n) is 9.35. The molecule has 3 aromatic heterocycles. The number of thiazole rings is 1. The number of benzene rings is 2. The van der Waals surface area contributed by atoms with Crippen LogP contribution in [0.5, 0.6) is 0 Å². The molecule has 4 heterocycles. The molecule has 2 aromatic carbocycles. The van der Waals surface area contributed by atoms with E-state index in [4.69, 9.17) is 16.6 Å². The quantitative estimate of drug-likeness (QED) is 0.304. The molecule has 0 spiro atoms. The van der Waals surface area contributed by atoms with Gasteiger partial charge in [-0.1, -0.05) is 11.6 Å². The van der Waals surface area contributed by atoms with Crippen LogP contribution < -0.4 is 10.0 Å². The Kier molecular flexibility index (Phi) is 5.91. The minimum atomic E-state index is -3.61. The van der Waals surface area contributed by atoms with Gasteiger partial charge < -0.3 is 5.32 Å². The highest BCUT2D eigenvalue weighted by molar-refractivity contribution is 7.92. The number of halogens is 3. The average molecular weight is 575 g/mol. The lowest BCUT2D eigenvalue weighted by Gasteiger charge is -2.18. The van der Waals surface area contributed by atoms with Gasteiger partial charge in [0, 0.05) is 30.8 Å². The summed E-state index contributed by atoms with van der Waals surface area (Å²) in [6.45, 7) is 2.28. The minimum absolute atomic E-state index is 0.131. The Labute approximate surface area is 225 Å². The number of hydrogen-bond donors (Lipinski definition) is 2. The van der Waals surface area contributed by atoms with Crippen molar-refractivity contribution < 1.29 is 17.2 Å². The van der Waals surface area contributed by atoms with Crippen LogP contribution in [0, 0.1) is 18.6 Å². The summed E-state index contributed by atoms with van der Waals surface area (Å²) in [6, 6.07) is 6.87. The Balaban J connectivity index is 1.62. The summed E-state index contributed by atoms with van der Waals surface area (Å²) < 4.78 is 57.0. The zero-order chi connectivity index (χ0) is 26.9. The number of aryl methyl sites for hydroxylation is 2. The molecule has 1 unspecified atom stereocenters. The maximum absolute atomic E-state index is 14.0. The molecule has 1 aliphatic heterocycles. The van der Waals surface area contributed by atoms with Crippen molar-refractivity contribution in [3.63, 3.8) is 0 Å². The SMILES string of the molecule is Cc1nc2nc3c(cc2s1)-c1c(cc(Cl)c2c(NS(C)(=O)=O)nn(C)c12)CNC3Cc1cc(F)cc(F)c1. The van der Waals surface area contributed by atoms with Crippen molar-refractivity contribution in [2.75, 3.05) is 11.0 Å². The highest BCUT2D eigenvalue weighted by atomic mass is 35.5. The number of pyridine rings is 1. The van der Waals surface area contributed by atoms with Gasteiger partial charge in [0.15, 0.2) is 11.5 Å². The van der Waals surface area contributed by atoms with Gasteiger partial charge in [-0.25, -0.2) is 27.2 Å². The molecule has 5 aromatic rings. The first-order valence-electron chi connectivity index (χ1n) is 11.6. The van der Waals surface area contributed by atoms with Gasteiger partial charge in [0.25, 0.3) is 0 Å². The lowest BCUT2D eigenvalue weighted by Crippen LogP contribution is -2.23. The summed E-state index contributed by atoms with van der Waals surface area (Å²) in [5, 5.41) is 9.57. The van der Waals surface area contributed by atoms with E-state index in [1.165, 1.54) is 23.5 Å². The minimum Gasteiger partial charge on any atom is -0.304 e. The number of rotatable bonds is 4. The van der Waals surface area contributed by atoms with E-state index < -0.39 is 27.7 Å². The molecule has 0 amide bonds. The van der Waals surface area contributed by atoms with E-state index in [0.717, 1.165) is 38.7 Å². The standard InChI is InChI=1S/C25H21ClF2N6O2S2/c1-11-30-24-19(37-11)9-16-20-13(7-17(26)21-23(20)34(2)32-25(21)33-38(3,35)36)10-29-18(22(16)31-24)6-12-4-14(27)8-15(28)5-12/h4-5,7-9,18,29H,6,10H2,1-3H3,(H,32,33). The Morgan fingerprint density at radius 2 is 1.92 bits per heavy atom. The molecule has 1 aliphatic rings. The van der Waals surface area contributed by atoms with Crippen molar-refractivity contribution in [2.45, 2.75) is 25.9 Å². The first-order chi connectivity index (χ1) is 18.0. The molecule has 1 atom stereocenters. The van der Waals surface area contributed by atoms with E-state index in [2.05, 4.69) is 20.1 Å². The smallest absolute Gasteiger partial charge is 0.231 e. The van der Waals surface area contributed by atoms with Crippen LogP contribution in [0.1, 0.15) is 27.9 Å². The highest BCUT2D eigenvalue weighted by Crippen LogP contribution is 2.45. The predicted octanol–water partition coefficient (Wildman–Crippen LogP) is 5.24. The summed E-state index contributed by atoms with van der Waals surface area (Å²) >= 11 is 8.21. The van der Waals surface area contributed by atoms with Gasteiger partial charge in [-0.3, -0.25) is 9.40 Å².